The zero-order chi connectivity index (χ0) is 13.4. The highest BCUT2D eigenvalue weighted by Crippen LogP contribution is 2.15. The standard InChI is InChI=1S/C12H14ClNO4/c13-12(17)18-7-6-14-10(8-11(15)16)9-4-2-1-3-5-9/h1-5,10,14H,6-8H2,(H,15,16). The Hall–Kier alpha value is -1.59. The minimum atomic E-state index is -0.898. The number of nitrogens with one attached hydrogen (secondary N) is 1. The van der Waals surface area contributed by atoms with E-state index in [4.69, 9.17) is 16.7 Å². The number of carboxylic acid groups (broad SMARTS) is 1. The van der Waals surface area contributed by atoms with Gasteiger partial charge in [0.15, 0.2) is 0 Å². The summed E-state index contributed by atoms with van der Waals surface area (Å²) in [5, 5.41) is 11.8. The van der Waals surface area contributed by atoms with E-state index in [9.17, 15) is 9.59 Å². The van der Waals surface area contributed by atoms with Crippen molar-refractivity contribution in [3.8, 4) is 0 Å². The number of rotatable bonds is 7. The Kier molecular flexibility index (Phi) is 6.18. The topological polar surface area (TPSA) is 75.6 Å². The van der Waals surface area contributed by atoms with Crippen LogP contribution >= 0.6 is 11.6 Å². The normalized spacial score (nSPS) is 11.8. The highest BCUT2D eigenvalue weighted by Gasteiger charge is 2.14. The molecule has 1 aromatic carbocycles. The lowest BCUT2D eigenvalue weighted by atomic mass is 10.0. The first-order valence-corrected chi connectivity index (χ1v) is 5.79. The number of carboxylic acids is 1. The predicted octanol–water partition coefficient (Wildman–Crippen LogP) is 2.17. The number of hydrogen-bond acceptors (Lipinski definition) is 4. The molecule has 0 bridgehead atoms. The second-order valence-electron chi connectivity index (χ2n) is 3.60. The first-order valence-electron chi connectivity index (χ1n) is 5.42. The van der Waals surface area contributed by atoms with Crippen LogP contribution in [0.15, 0.2) is 30.3 Å². The Balaban J connectivity index is 2.51. The second-order valence-corrected chi connectivity index (χ2v) is 3.91. The summed E-state index contributed by atoms with van der Waals surface area (Å²) in [6.07, 6.45) is -0.0428. The van der Waals surface area contributed by atoms with E-state index >= 15 is 0 Å². The van der Waals surface area contributed by atoms with Crippen molar-refractivity contribution in [1.82, 2.24) is 5.32 Å². The molecule has 0 heterocycles. The molecule has 1 unspecified atom stereocenters. The summed E-state index contributed by atoms with van der Waals surface area (Å²) >= 11 is 5.01. The number of aliphatic carboxylic acids is 1. The van der Waals surface area contributed by atoms with Crippen molar-refractivity contribution < 1.29 is 19.4 Å². The Labute approximate surface area is 110 Å². The van der Waals surface area contributed by atoms with Gasteiger partial charge >= 0.3 is 11.4 Å². The van der Waals surface area contributed by atoms with E-state index < -0.39 is 11.4 Å². The highest BCUT2D eigenvalue weighted by atomic mass is 35.5. The fraction of sp³-hybridized carbons (Fsp3) is 0.333. The summed E-state index contributed by atoms with van der Waals surface area (Å²) in [5.74, 6) is -0.898. The van der Waals surface area contributed by atoms with Gasteiger partial charge in [-0.1, -0.05) is 30.3 Å². The first-order chi connectivity index (χ1) is 8.59. The molecule has 18 heavy (non-hydrogen) atoms. The number of carbonyl (C=O) groups excluding carboxylic acids is 1. The van der Waals surface area contributed by atoms with Crippen LogP contribution in [0, 0.1) is 0 Å². The molecule has 6 heteroatoms. The summed E-state index contributed by atoms with van der Waals surface area (Å²) in [6.45, 7) is 0.441. The van der Waals surface area contributed by atoms with Crippen molar-refractivity contribution in [1.29, 1.82) is 0 Å². The van der Waals surface area contributed by atoms with Gasteiger partial charge in [0.05, 0.1) is 6.42 Å². The van der Waals surface area contributed by atoms with Gasteiger partial charge in [0.25, 0.3) is 0 Å². The maximum absolute atomic E-state index is 10.8. The number of hydrogen-bond donors (Lipinski definition) is 2. The average molecular weight is 272 g/mol. The lowest BCUT2D eigenvalue weighted by Crippen LogP contribution is -2.27. The molecule has 1 atom stereocenters. The average Bonchev–Trinajstić information content (AvgIpc) is 2.33. The van der Waals surface area contributed by atoms with E-state index in [0.29, 0.717) is 6.54 Å². The van der Waals surface area contributed by atoms with Crippen LogP contribution in [0.2, 0.25) is 0 Å². The van der Waals surface area contributed by atoms with Gasteiger partial charge in [0.1, 0.15) is 6.61 Å². The van der Waals surface area contributed by atoms with E-state index in [1.54, 1.807) is 0 Å². The summed E-state index contributed by atoms with van der Waals surface area (Å²) in [7, 11) is 0. The van der Waals surface area contributed by atoms with Crippen molar-refractivity contribution in [2.75, 3.05) is 13.2 Å². The largest absolute Gasteiger partial charge is 0.481 e. The van der Waals surface area contributed by atoms with Gasteiger partial charge < -0.3 is 15.2 Å². The van der Waals surface area contributed by atoms with Crippen LogP contribution in [0.1, 0.15) is 18.0 Å². The van der Waals surface area contributed by atoms with Crippen molar-refractivity contribution in [3.05, 3.63) is 35.9 Å². The summed E-state index contributed by atoms with van der Waals surface area (Å²) in [4.78, 5) is 21.1. The van der Waals surface area contributed by atoms with E-state index in [0.717, 1.165) is 5.56 Å². The van der Waals surface area contributed by atoms with Crippen LogP contribution in [0.5, 0.6) is 0 Å². The van der Waals surface area contributed by atoms with Gasteiger partial charge in [0, 0.05) is 24.2 Å². The molecule has 0 spiro atoms. The quantitative estimate of drug-likeness (QED) is 0.587. The molecule has 0 aliphatic rings. The minimum absolute atomic E-state index is 0.0428. The maximum Gasteiger partial charge on any atom is 0.403 e. The first kappa shape index (κ1) is 14.5. The summed E-state index contributed by atoms with van der Waals surface area (Å²) in [6, 6.07) is 8.89. The molecule has 2 N–H and O–H groups in total. The van der Waals surface area contributed by atoms with Crippen molar-refractivity contribution in [2.24, 2.45) is 0 Å². The molecule has 5 nitrogen and oxygen atoms in total. The van der Waals surface area contributed by atoms with Crippen LogP contribution in [-0.2, 0) is 9.53 Å². The predicted molar refractivity (Wildman–Crippen MR) is 66.6 cm³/mol. The highest BCUT2D eigenvalue weighted by molar-refractivity contribution is 6.61. The molecule has 0 amide bonds. The van der Waals surface area contributed by atoms with Gasteiger partial charge in [-0.05, 0) is 5.56 Å². The Morgan fingerprint density at radius 2 is 2.00 bits per heavy atom. The molecule has 0 aromatic heterocycles. The lowest BCUT2D eigenvalue weighted by molar-refractivity contribution is -0.137. The number of benzene rings is 1. The van der Waals surface area contributed by atoms with Crippen LogP contribution in [0.3, 0.4) is 0 Å². The molecule has 0 aliphatic heterocycles. The Bertz CT molecular complexity index is 396. The van der Waals surface area contributed by atoms with E-state index in [-0.39, 0.29) is 19.1 Å². The zero-order valence-electron chi connectivity index (χ0n) is 9.64. The van der Waals surface area contributed by atoms with Crippen molar-refractivity contribution in [2.45, 2.75) is 12.5 Å². The molecule has 0 saturated carbocycles. The third kappa shape index (κ3) is 5.65. The minimum Gasteiger partial charge on any atom is -0.481 e. The maximum atomic E-state index is 10.8. The number of ether oxygens (including phenoxy) is 1. The fourth-order valence-electron chi connectivity index (χ4n) is 1.53. The third-order valence-corrected chi connectivity index (χ3v) is 2.40. The van der Waals surface area contributed by atoms with Crippen LogP contribution in [0.25, 0.3) is 0 Å². The SMILES string of the molecule is O=C(O)CC(NCCOC(=O)Cl)c1ccccc1. The molecule has 0 radical (unpaired) electrons. The van der Waals surface area contributed by atoms with E-state index in [1.807, 2.05) is 30.3 Å². The Morgan fingerprint density at radius 3 is 2.56 bits per heavy atom. The molecule has 0 aliphatic carbocycles. The fourth-order valence-corrected chi connectivity index (χ4v) is 1.61. The molecule has 98 valence electrons. The Morgan fingerprint density at radius 1 is 1.33 bits per heavy atom. The third-order valence-electron chi connectivity index (χ3n) is 2.29. The van der Waals surface area contributed by atoms with Gasteiger partial charge in [0.2, 0.25) is 0 Å². The zero-order valence-corrected chi connectivity index (χ0v) is 10.4. The lowest BCUT2D eigenvalue weighted by Gasteiger charge is -2.17. The molecule has 0 saturated heterocycles. The van der Waals surface area contributed by atoms with Crippen LogP contribution < -0.4 is 5.32 Å². The van der Waals surface area contributed by atoms with E-state index in [1.165, 1.54) is 0 Å². The molecular formula is C12H14ClNO4. The van der Waals surface area contributed by atoms with E-state index in [2.05, 4.69) is 10.1 Å². The van der Waals surface area contributed by atoms with Crippen LogP contribution in [0.4, 0.5) is 4.79 Å². The molecular weight excluding hydrogens is 258 g/mol. The molecule has 1 rings (SSSR count). The van der Waals surface area contributed by atoms with Crippen LogP contribution in [-0.4, -0.2) is 29.7 Å². The molecule has 1 aromatic rings. The van der Waals surface area contributed by atoms with Gasteiger partial charge in [-0.15, -0.1) is 0 Å². The monoisotopic (exact) mass is 271 g/mol. The second kappa shape index (κ2) is 7.68. The van der Waals surface area contributed by atoms with Gasteiger partial charge in [-0.3, -0.25) is 4.79 Å². The summed E-state index contributed by atoms with van der Waals surface area (Å²) in [5.41, 5.74) is 0.00314. The smallest absolute Gasteiger partial charge is 0.403 e. The van der Waals surface area contributed by atoms with Crippen molar-refractivity contribution >= 4 is 23.0 Å². The number of halogens is 1. The summed E-state index contributed by atoms with van der Waals surface area (Å²) < 4.78 is 4.55. The number of carbonyl (C=O) groups is 2. The van der Waals surface area contributed by atoms with Gasteiger partial charge in [-0.2, -0.15) is 0 Å². The molecule has 0 fully saturated rings. The van der Waals surface area contributed by atoms with Gasteiger partial charge in [-0.25, -0.2) is 4.79 Å². The van der Waals surface area contributed by atoms with Crippen molar-refractivity contribution in [3.63, 3.8) is 0 Å².